The quantitative estimate of drug-likeness (QED) is 0.561. The Morgan fingerprint density at radius 2 is 2.13 bits per heavy atom. The summed E-state index contributed by atoms with van der Waals surface area (Å²) in [7, 11) is -2.08. The van der Waals surface area contributed by atoms with Crippen LogP contribution in [0.15, 0.2) is 52.6 Å². The lowest BCUT2D eigenvalue weighted by atomic mass is 10.2. The standard InChI is InChI=1S/C18H19FN8O2S/c1-11-3-4-13(8-15(11)30(20,28)29)25-27-10-21-6-5-16(27)26(2)18-14-7-12(19)9-22-17(14)23-24-18/h3-10,16,25H,1-2H3,(H2,20,28,29)(H,22,23,24). The minimum absolute atomic E-state index is 0.0294. The number of hydrazine groups is 1. The summed E-state index contributed by atoms with van der Waals surface area (Å²) in [5.41, 5.74) is 4.62. The fraction of sp³-hybridized carbons (Fsp3) is 0.167. The predicted octanol–water partition coefficient (Wildman–Crippen LogP) is 1.70. The smallest absolute Gasteiger partial charge is 0.238 e. The van der Waals surface area contributed by atoms with Crippen molar-refractivity contribution >= 4 is 38.9 Å². The van der Waals surface area contributed by atoms with Gasteiger partial charge in [0.05, 0.1) is 22.2 Å². The Morgan fingerprint density at radius 1 is 1.33 bits per heavy atom. The zero-order valence-electron chi connectivity index (χ0n) is 16.1. The van der Waals surface area contributed by atoms with E-state index in [1.165, 1.54) is 12.1 Å². The number of sulfonamides is 1. The minimum atomic E-state index is -3.86. The number of aliphatic imine (C=N–C) groups is 1. The normalized spacial score (nSPS) is 16.3. The summed E-state index contributed by atoms with van der Waals surface area (Å²) in [5.74, 6) is 0.0207. The first-order valence-electron chi connectivity index (χ1n) is 8.85. The Balaban J connectivity index is 1.65. The average molecular weight is 430 g/mol. The van der Waals surface area contributed by atoms with E-state index in [-0.39, 0.29) is 4.90 Å². The first-order valence-corrected chi connectivity index (χ1v) is 10.4. The molecule has 3 aromatic rings. The van der Waals surface area contributed by atoms with Crippen molar-refractivity contribution in [3.63, 3.8) is 0 Å². The molecule has 0 amide bonds. The van der Waals surface area contributed by atoms with Crippen LogP contribution < -0.4 is 15.5 Å². The summed E-state index contributed by atoms with van der Waals surface area (Å²) in [6, 6.07) is 6.20. The Kier molecular flexibility index (Phi) is 4.87. The summed E-state index contributed by atoms with van der Waals surface area (Å²) in [4.78, 5) is 9.94. The molecule has 1 atom stereocenters. The molecule has 30 heavy (non-hydrogen) atoms. The summed E-state index contributed by atoms with van der Waals surface area (Å²) in [6.45, 7) is 1.67. The number of hydrogen-bond acceptors (Lipinski definition) is 8. The van der Waals surface area contributed by atoms with Gasteiger partial charge in [-0.1, -0.05) is 6.07 Å². The van der Waals surface area contributed by atoms with Crippen molar-refractivity contribution in [3.05, 3.63) is 54.1 Å². The van der Waals surface area contributed by atoms with Crippen molar-refractivity contribution in [2.45, 2.75) is 18.0 Å². The highest BCUT2D eigenvalue weighted by Gasteiger charge is 2.25. The number of fused-ring (bicyclic) bond motifs is 1. The van der Waals surface area contributed by atoms with Gasteiger partial charge in [-0.2, -0.15) is 5.10 Å². The highest BCUT2D eigenvalue weighted by Crippen LogP contribution is 2.26. The van der Waals surface area contributed by atoms with Gasteiger partial charge < -0.3 is 4.90 Å². The molecular weight excluding hydrogens is 411 g/mol. The van der Waals surface area contributed by atoms with E-state index in [9.17, 15) is 12.8 Å². The minimum Gasteiger partial charge on any atom is -0.332 e. The molecule has 0 saturated heterocycles. The van der Waals surface area contributed by atoms with Crippen LogP contribution in [-0.4, -0.2) is 48.2 Å². The van der Waals surface area contributed by atoms with Crippen LogP contribution in [0.25, 0.3) is 11.0 Å². The molecule has 0 saturated carbocycles. The van der Waals surface area contributed by atoms with Crippen LogP contribution in [0.1, 0.15) is 5.56 Å². The van der Waals surface area contributed by atoms with E-state index in [2.05, 4.69) is 25.6 Å². The largest absolute Gasteiger partial charge is 0.332 e. The van der Waals surface area contributed by atoms with E-state index >= 15 is 0 Å². The van der Waals surface area contributed by atoms with Gasteiger partial charge in [0.1, 0.15) is 18.3 Å². The maximum Gasteiger partial charge on any atom is 0.238 e. The molecule has 1 aromatic carbocycles. The molecule has 1 aliphatic heterocycles. The van der Waals surface area contributed by atoms with Crippen LogP contribution in [0, 0.1) is 12.7 Å². The van der Waals surface area contributed by atoms with E-state index in [1.807, 2.05) is 0 Å². The van der Waals surface area contributed by atoms with Gasteiger partial charge in [-0.05, 0) is 36.8 Å². The van der Waals surface area contributed by atoms with Crippen LogP contribution in [0.3, 0.4) is 0 Å². The Labute approximate surface area is 171 Å². The molecule has 0 radical (unpaired) electrons. The van der Waals surface area contributed by atoms with Gasteiger partial charge in [-0.25, -0.2) is 27.9 Å². The van der Waals surface area contributed by atoms with Gasteiger partial charge in [0.2, 0.25) is 10.0 Å². The number of aromatic amines is 1. The second kappa shape index (κ2) is 7.39. The van der Waals surface area contributed by atoms with Gasteiger partial charge in [-0.3, -0.25) is 15.5 Å². The zero-order chi connectivity index (χ0) is 21.5. The van der Waals surface area contributed by atoms with Crippen molar-refractivity contribution in [2.24, 2.45) is 10.1 Å². The molecule has 4 N–H and O–H groups in total. The lowest BCUT2D eigenvalue weighted by molar-refractivity contribution is 0.418. The molecule has 0 fully saturated rings. The molecule has 2 aromatic heterocycles. The van der Waals surface area contributed by atoms with Crippen LogP contribution in [0.2, 0.25) is 0 Å². The van der Waals surface area contributed by atoms with Crippen LogP contribution in [0.5, 0.6) is 0 Å². The van der Waals surface area contributed by atoms with Crippen LogP contribution >= 0.6 is 0 Å². The fourth-order valence-electron chi connectivity index (χ4n) is 3.19. The number of pyridine rings is 1. The topological polar surface area (TPSA) is 133 Å². The number of nitrogens with zero attached hydrogens (tertiary/aromatic N) is 5. The van der Waals surface area contributed by atoms with E-state index < -0.39 is 22.0 Å². The molecule has 10 nitrogen and oxygen atoms in total. The number of nitrogens with one attached hydrogen (secondary N) is 2. The van der Waals surface area contributed by atoms with Crippen molar-refractivity contribution in [2.75, 3.05) is 17.4 Å². The molecule has 1 aliphatic rings. The van der Waals surface area contributed by atoms with Crippen molar-refractivity contribution in [1.29, 1.82) is 0 Å². The predicted molar refractivity (Wildman–Crippen MR) is 112 cm³/mol. The van der Waals surface area contributed by atoms with E-state index in [1.54, 1.807) is 54.6 Å². The van der Waals surface area contributed by atoms with E-state index in [4.69, 9.17) is 5.14 Å². The summed E-state index contributed by atoms with van der Waals surface area (Å²) >= 11 is 0. The molecular formula is C18H19FN8O2S. The summed E-state index contributed by atoms with van der Waals surface area (Å²) in [5, 5.41) is 14.5. The monoisotopic (exact) mass is 430 g/mol. The second-order valence-corrected chi connectivity index (χ2v) is 8.30. The van der Waals surface area contributed by atoms with Crippen LogP contribution in [-0.2, 0) is 10.0 Å². The number of benzene rings is 1. The molecule has 0 aliphatic carbocycles. The SMILES string of the molecule is Cc1ccc(NN2C=NC=CC2N(C)c2n[nH]c3ncc(F)cc23)cc1S(N)(=O)=O. The molecule has 1 unspecified atom stereocenters. The van der Waals surface area contributed by atoms with Gasteiger partial charge in [0.25, 0.3) is 0 Å². The number of rotatable bonds is 5. The fourth-order valence-corrected chi connectivity index (χ4v) is 4.00. The molecule has 0 bridgehead atoms. The number of H-pyrrole nitrogens is 1. The lowest BCUT2D eigenvalue weighted by Crippen LogP contribution is -2.49. The van der Waals surface area contributed by atoms with Gasteiger partial charge in [0.15, 0.2) is 11.5 Å². The van der Waals surface area contributed by atoms with Gasteiger partial charge >= 0.3 is 0 Å². The number of nitrogens with two attached hydrogens (primary N) is 1. The number of halogens is 1. The zero-order valence-corrected chi connectivity index (χ0v) is 16.9. The van der Waals surface area contributed by atoms with Crippen molar-refractivity contribution < 1.29 is 12.8 Å². The maximum atomic E-state index is 13.7. The van der Waals surface area contributed by atoms with Crippen molar-refractivity contribution in [3.8, 4) is 0 Å². The van der Waals surface area contributed by atoms with Gasteiger partial charge in [-0.15, -0.1) is 0 Å². The third-order valence-corrected chi connectivity index (χ3v) is 5.72. The Bertz CT molecular complexity index is 1270. The number of aryl methyl sites for hydroxylation is 1. The first kappa shape index (κ1) is 19.8. The summed E-state index contributed by atoms with van der Waals surface area (Å²) in [6.07, 6.45) is 5.68. The highest BCUT2D eigenvalue weighted by molar-refractivity contribution is 7.89. The highest BCUT2D eigenvalue weighted by atomic mass is 32.2. The van der Waals surface area contributed by atoms with E-state index in [0.717, 1.165) is 6.20 Å². The molecule has 0 spiro atoms. The number of primary sulfonamides is 1. The van der Waals surface area contributed by atoms with Crippen LogP contribution in [0.4, 0.5) is 15.9 Å². The van der Waals surface area contributed by atoms with E-state index in [0.29, 0.717) is 28.1 Å². The summed E-state index contributed by atoms with van der Waals surface area (Å²) < 4.78 is 37.3. The number of anilines is 2. The Morgan fingerprint density at radius 3 is 2.90 bits per heavy atom. The third-order valence-electron chi connectivity index (χ3n) is 4.67. The molecule has 4 rings (SSSR count). The molecule has 3 heterocycles. The van der Waals surface area contributed by atoms with Crippen molar-refractivity contribution in [1.82, 2.24) is 20.2 Å². The maximum absolute atomic E-state index is 13.7. The molecule has 156 valence electrons. The second-order valence-electron chi connectivity index (χ2n) is 6.77. The first-order chi connectivity index (χ1) is 14.2. The number of likely N-dealkylation sites (N-methyl/N-ethyl adjacent to an activating group) is 1. The number of aromatic nitrogens is 3. The Hall–Kier alpha value is -3.51. The molecule has 12 heteroatoms. The van der Waals surface area contributed by atoms with Gasteiger partial charge in [0, 0.05) is 13.2 Å². The lowest BCUT2D eigenvalue weighted by Gasteiger charge is -2.36. The average Bonchev–Trinajstić information content (AvgIpc) is 3.11. The third kappa shape index (κ3) is 3.69. The number of hydrogen-bond donors (Lipinski definition) is 3.